The molecule has 5 heteroatoms. The molecule has 0 aliphatic rings. The topological polar surface area (TPSA) is 79.5 Å². The van der Waals surface area contributed by atoms with Gasteiger partial charge in [-0.25, -0.2) is 0 Å². The molecule has 0 saturated carbocycles. The maximum Gasteiger partial charge on any atom is 0.305 e. The van der Waals surface area contributed by atoms with Crippen LogP contribution in [0.3, 0.4) is 0 Å². The van der Waals surface area contributed by atoms with Crippen molar-refractivity contribution in [2.75, 3.05) is 0 Å². The Labute approximate surface area is 106 Å². The molecule has 0 bridgehead atoms. The number of amides is 1. The van der Waals surface area contributed by atoms with Gasteiger partial charge in [-0.05, 0) is 24.0 Å². The molecule has 100 valence electrons. The van der Waals surface area contributed by atoms with Gasteiger partial charge < -0.3 is 14.8 Å². The Kier molecular flexibility index (Phi) is 4.53. The number of carbonyl (C=O) groups excluding carboxylic acids is 1. The third-order valence-electron chi connectivity index (χ3n) is 2.36. The number of carboxylic acid groups (broad SMARTS) is 1. The van der Waals surface area contributed by atoms with Crippen LogP contribution in [0.5, 0.6) is 0 Å². The third kappa shape index (κ3) is 5.03. The summed E-state index contributed by atoms with van der Waals surface area (Å²) in [4.78, 5) is 22.6. The fraction of sp³-hybridized carbons (Fsp3) is 0.538. The van der Waals surface area contributed by atoms with E-state index in [9.17, 15) is 9.59 Å². The Hall–Kier alpha value is -1.78. The molecular formula is C13H19NO4. The summed E-state index contributed by atoms with van der Waals surface area (Å²) in [6, 6.07) is 2.76. The Morgan fingerprint density at radius 1 is 1.44 bits per heavy atom. The lowest BCUT2D eigenvalue weighted by Crippen LogP contribution is -2.38. The second-order valence-electron chi connectivity index (χ2n) is 5.51. The first-order valence-electron chi connectivity index (χ1n) is 5.84. The number of furan rings is 1. The van der Waals surface area contributed by atoms with E-state index in [1.807, 2.05) is 20.8 Å². The smallest absolute Gasteiger partial charge is 0.305 e. The van der Waals surface area contributed by atoms with Gasteiger partial charge in [0.25, 0.3) is 5.91 Å². The quantitative estimate of drug-likeness (QED) is 0.843. The molecule has 5 nitrogen and oxygen atoms in total. The van der Waals surface area contributed by atoms with Gasteiger partial charge >= 0.3 is 5.97 Å². The van der Waals surface area contributed by atoms with Crippen LogP contribution in [0, 0.1) is 5.41 Å². The van der Waals surface area contributed by atoms with Gasteiger partial charge in [0.2, 0.25) is 0 Å². The summed E-state index contributed by atoms with van der Waals surface area (Å²) < 4.78 is 4.97. The molecule has 0 aliphatic carbocycles. The fourth-order valence-corrected chi connectivity index (χ4v) is 1.79. The molecular weight excluding hydrogens is 234 g/mol. The van der Waals surface area contributed by atoms with E-state index >= 15 is 0 Å². The van der Waals surface area contributed by atoms with Crippen LogP contribution < -0.4 is 5.32 Å². The Balaban J connectivity index is 2.66. The minimum absolute atomic E-state index is 0.0590. The van der Waals surface area contributed by atoms with E-state index in [0.29, 0.717) is 6.42 Å². The fourth-order valence-electron chi connectivity index (χ4n) is 1.79. The molecule has 1 heterocycles. The average molecular weight is 253 g/mol. The van der Waals surface area contributed by atoms with Gasteiger partial charge in [-0.1, -0.05) is 20.8 Å². The van der Waals surface area contributed by atoms with Crippen LogP contribution in [0.2, 0.25) is 0 Å². The van der Waals surface area contributed by atoms with Crippen molar-refractivity contribution in [1.82, 2.24) is 5.32 Å². The molecule has 1 aromatic heterocycles. The van der Waals surface area contributed by atoms with Crippen molar-refractivity contribution in [3.63, 3.8) is 0 Å². The standard InChI is InChI=1S/C13H19NO4/c1-13(2,3)8-9(7-11(15)16)14-12(17)10-5-4-6-18-10/h4-6,9H,7-8H2,1-3H3,(H,14,17)(H,15,16). The van der Waals surface area contributed by atoms with Gasteiger partial charge in [0.05, 0.1) is 12.7 Å². The van der Waals surface area contributed by atoms with Crippen molar-refractivity contribution in [3.8, 4) is 0 Å². The van der Waals surface area contributed by atoms with Crippen molar-refractivity contribution < 1.29 is 19.1 Å². The molecule has 1 unspecified atom stereocenters. The van der Waals surface area contributed by atoms with Crippen molar-refractivity contribution in [1.29, 1.82) is 0 Å². The van der Waals surface area contributed by atoms with Crippen molar-refractivity contribution in [3.05, 3.63) is 24.2 Å². The summed E-state index contributed by atoms with van der Waals surface area (Å²) in [5.41, 5.74) is -0.0590. The minimum atomic E-state index is -0.927. The minimum Gasteiger partial charge on any atom is -0.481 e. The second-order valence-corrected chi connectivity index (χ2v) is 5.51. The molecule has 0 fully saturated rings. The molecule has 2 N–H and O–H groups in total. The van der Waals surface area contributed by atoms with E-state index in [1.54, 1.807) is 12.1 Å². The van der Waals surface area contributed by atoms with Crippen LogP contribution in [0.4, 0.5) is 0 Å². The van der Waals surface area contributed by atoms with E-state index in [4.69, 9.17) is 9.52 Å². The normalized spacial score (nSPS) is 13.1. The largest absolute Gasteiger partial charge is 0.481 e. The van der Waals surface area contributed by atoms with Crippen molar-refractivity contribution >= 4 is 11.9 Å². The zero-order valence-electron chi connectivity index (χ0n) is 10.9. The lowest BCUT2D eigenvalue weighted by atomic mass is 9.87. The maximum absolute atomic E-state index is 11.8. The lowest BCUT2D eigenvalue weighted by molar-refractivity contribution is -0.137. The highest BCUT2D eigenvalue weighted by Gasteiger charge is 2.23. The summed E-state index contributed by atoms with van der Waals surface area (Å²) >= 11 is 0. The number of hydrogen-bond acceptors (Lipinski definition) is 3. The zero-order chi connectivity index (χ0) is 13.8. The average Bonchev–Trinajstić information content (AvgIpc) is 2.65. The number of rotatable bonds is 5. The van der Waals surface area contributed by atoms with Gasteiger partial charge in [-0.15, -0.1) is 0 Å². The van der Waals surface area contributed by atoms with Gasteiger partial charge in [0, 0.05) is 6.04 Å². The Bertz CT molecular complexity index is 403. The molecule has 1 rings (SSSR count). The summed E-state index contributed by atoms with van der Waals surface area (Å²) in [6.07, 6.45) is 1.90. The number of hydrogen-bond donors (Lipinski definition) is 2. The summed E-state index contributed by atoms with van der Waals surface area (Å²) in [7, 11) is 0. The highest BCUT2D eigenvalue weighted by Crippen LogP contribution is 2.22. The summed E-state index contributed by atoms with van der Waals surface area (Å²) in [5.74, 6) is -1.11. The van der Waals surface area contributed by atoms with E-state index in [1.165, 1.54) is 6.26 Å². The Morgan fingerprint density at radius 3 is 2.56 bits per heavy atom. The molecule has 1 atom stereocenters. The molecule has 0 aliphatic heterocycles. The molecule has 0 aromatic carbocycles. The number of aliphatic carboxylic acids is 1. The van der Waals surface area contributed by atoms with Gasteiger partial charge in [0.15, 0.2) is 5.76 Å². The third-order valence-corrected chi connectivity index (χ3v) is 2.36. The predicted octanol–water partition coefficient (Wildman–Crippen LogP) is 2.29. The van der Waals surface area contributed by atoms with E-state index < -0.39 is 12.0 Å². The van der Waals surface area contributed by atoms with Crippen LogP contribution in [0.15, 0.2) is 22.8 Å². The van der Waals surface area contributed by atoms with E-state index in [2.05, 4.69) is 5.32 Å². The summed E-state index contributed by atoms with van der Waals surface area (Å²) in [5, 5.41) is 11.5. The predicted molar refractivity (Wildman–Crippen MR) is 66.3 cm³/mol. The number of nitrogens with one attached hydrogen (secondary N) is 1. The van der Waals surface area contributed by atoms with Crippen LogP contribution >= 0.6 is 0 Å². The van der Waals surface area contributed by atoms with E-state index in [-0.39, 0.29) is 23.5 Å². The maximum atomic E-state index is 11.8. The van der Waals surface area contributed by atoms with Crippen LogP contribution in [-0.2, 0) is 4.79 Å². The van der Waals surface area contributed by atoms with E-state index in [0.717, 1.165) is 0 Å². The lowest BCUT2D eigenvalue weighted by Gasteiger charge is -2.25. The molecule has 18 heavy (non-hydrogen) atoms. The highest BCUT2D eigenvalue weighted by molar-refractivity contribution is 5.91. The molecule has 0 saturated heterocycles. The first kappa shape index (κ1) is 14.3. The highest BCUT2D eigenvalue weighted by atomic mass is 16.4. The zero-order valence-corrected chi connectivity index (χ0v) is 10.9. The first-order chi connectivity index (χ1) is 8.28. The van der Waals surface area contributed by atoms with Crippen molar-refractivity contribution in [2.24, 2.45) is 5.41 Å². The number of carbonyl (C=O) groups is 2. The first-order valence-corrected chi connectivity index (χ1v) is 5.84. The van der Waals surface area contributed by atoms with Gasteiger partial charge in [0.1, 0.15) is 0 Å². The monoisotopic (exact) mass is 253 g/mol. The van der Waals surface area contributed by atoms with Gasteiger partial charge in [-0.3, -0.25) is 9.59 Å². The molecule has 1 amide bonds. The molecule has 0 radical (unpaired) electrons. The number of carboxylic acids is 1. The van der Waals surface area contributed by atoms with Crippen molar-refractivity contribution in [2.45, 2.75) is 39.7 Å². The SMILES string of the molecule is CC(C)(C)CC(CC(=O)O)NC(=O)c1ccco1. The van der Waals surface area contributed by atoms with Crippen LogP contribution in [0.1, 0.15) is 44.2 Å². The van der Waals surface area contributed by atoms with Crippen LogP contribution in [-0.4, -0.2) is 23.0 Å². The summed E-state index contributed by atoms with van der Waals surface area (Å²) in [6.45, 7) is 6.00. The molecule has 0 spiro atoms. The molecule has 1 aromatic rings. The Morgan fingerprint density at radius 2 is 2.11 bits per heavy atom. The van der Waals surface area contributed by atoms with Crippen LogP contribution in [0.25, 0.3) is 0 Å². The second kappa shape index (κ2) is 5.71. The van der Waals surface area contributed by atoms with Gasteiger partial charge in [-0.2, -0.15) is 0 Å².